The largest absolute Gasteiger partial charge is 0.338 e. The van der Waals surface area contributed by atoms with Crippen LogP contribution in [0.25, 0.3) is 0 Å². The number of benzene rings is 1. The van der Waals surface area contributed by atoms with Gasteiger partial charge in [-0.25, -0.2) is 8.42 Å². The monoisotopic (exact) mass is 296 g/mol. The summed E-state index contributed by atoms with van der Waals surface area (Å²) in [6.45, 7) is 3.59. The van der Waals surface area contributed by atoms with Crippen LogP contribution in [0, 0.1) is 5.92 Å². The smallest absolute Gasteiger partial charge is 0.255 e. The number of likely N-dealkylation sites (tertiary alicyclic amines) is 1. The molecule has 1 amide bonds. The van der Waals surface area contributed by atoms with Gasteiger partial charge in [-0.1, -0.05) is 19.1 Å². The average Bonchev–Trinajstić information content (AvgIpc) is 2.37. The maximum absolute atomic E-state index is 12.5. The third-order valence-electron chi connectivity index (χ3n) is 3.40. The van der Waals surface area contributed by atoms with Crippen molar-refractivity contribution in [3.05, 3.63) is 29.8 Å². The highest BCUT2D eigenvalue weighted by Gasteiger charge is 2.24. The molecule has 1 unspecified atom stereocenters. The molecule has 110 valence electrons. The van der Waals surface area contributed by atoms with Gasteiger partial charge < -0.3 is 4.90 Å². The molecule has 5 nitrogen and oxygen atoms in total. The minimum absolute atomic E-state index is 0.108. The van der Waals surface area contributed by atoms with Crippen molar-refractivity contribution in [2.45, 2.75) is 19.8 Å². The maximum atomic E-state index is 12.5. The highest BCUT2D eigenvalue weighted by molar-refractivity contribution is 7.92. The number of anilines is 1. The fourth-order valence-corrected chi connectivity index (χ4v) is 3.08. The highest BCUT2D eigenvalue weighted by atomic mass is 32.2. The van der Waals surface area contributed by atoms with Crippen molar-refractivity contribution in [3.63, 3.8) is 0 Å². The summed E-state index contributed by atoms with van der Waals surface area (Å²) >= 11 is 0. The molecule has 0 aliphatic carbocycles. The normalized spacial score (nSPS) is 19.7. The summed E-state index contributed by atoms with van der Waals surface area (Å²) in [6, 6.07) is 6.73. The molecule has 1 aliphatic rings. The number of sulfonamides is 1. The van der Waals surface area contributed by atoms with E-state index in [0.29, 0.717) is 17.2 Å². The summed E-state index contributed by atoms with van der Waals surface area (Å²) in [4.78, 5) is 14.3. The molecule has 1 fully saturated rings. The zero-order valence-electron chi connectivity index (χ0n) is 11.8. The number of rotatable bonds is 3. The molecular weight excluding hydrogens is 276 g/mol. The first-order valence-electron chi connectivity index (χ1n) is 6.73. The van der Waals surface area contributed by atoms with Gasteiger partial charge in [0.05, 0.1) is 17.5 Å². The van der Waals surface area contributed by atoms with E-state index in [2.05, 4.69) is 11.6 Å². The van der Waals surface area contributed by atoms with E-state index in [9.17, 15) is 13.2 Å². The lowest BCUT2D eigenvalue weighted by molar-refractivity contribution is 0.0684. The summed E-state index contributed by atoms with van der Waals surface area (Å²) in [7, 11) is -3.40. The molecule has 20 heavy (non-hydrogen) atoms. The molecule has 1 saturated heterocycles. The van der Waals surface area contributed by atoms with E-state index < -0.39 is 10.0 Å². The van der Waals surface area contributed by atoms with E-state index in [-0.39, 0.29) is 5.91 Å². The minimum atomic E-state index is -3.40. The van der Waals surface area contributed by atoms with Crippen molar-refractivity contribution in [2.75, 3.05) is 24.1 Å². The molecule has 1 aliphatic heterocycles. The first-order valence-corrected chi connectivity index (χ1v) is 8.62. The molecule has 0 spiro atoms. The van der Waals surface area contributed by atoms with E-state index in [4.69, 9.17) is 0 Å². The Labute approximate surface area is 120 Å². The van der Waals surface area contributed by atoms with Gasteiger partial charge in [0.1, 0.15) is 0 Å². The Morgan fingerprint density at radius 2 is 2.05 bits per heavy atom. The van der Waals surface area contributed by atoms with E-state index in [0.717, 1.165) is 32.2 Å². The maximum Gasteiger partial charge on any atom is 0.255 e. The van der Waals surface area contributed by atoms with Crippen LogP contribution in [-0.4, -0.2) is 38.6 Å². The van der Waals surface area contributed by atoms with E-state index >= 15 is 0 Å². The second kappa shape index (κ2) is 5.83. The SMILES string of the molecule is CC1CCCN(C(=O)c2ccccc2NS(C)(=O)=O)C1. The van der Waals surface area contributed by atoms with Crippen molar-refractivity contribution in [1.82, 2.24) is 4.90 Å². The van der Waals surface area contributed by atoms with Crippen LogP contribution in [0.15, 0.2) is 24.3 Å². The number of nitrogens with one attached hydrogen (secondary N) is 1. The van der Waals surface area contributed by atoms with Crippen molar-refractivity contribution < 1.29 is 13.2 Å². The first kappa shape index (κ1) is 14.8. The molecule has 0 radical (unpaired) electrons. The zero-order valence-corrected chi connectivity index (χ0v) is 12.6. The fourth-order valence-electron chi connectivity index (χ4n) is 2.50. The third-order valence-corrected chi connectivity index (χ3v) is 3.99. The number of carbonyl (C=O) groups is 1. The van der Waals surface area contributed by atoms with Crippen molar-refractivity contribution in [2.24, 2.45) is 5.92 Å². The summed E-state index contributed by atoms with van der Waals surface area (Å²) in [5.41, 5.74) is 0.755. The molecule has 0 aromatic heterocycles. The van der Waals surface area contributed by atoms with Gasteiger partial charge in [-0.15, -0.1) is 0 Å². The number of hydrogen-bond donors (Lipinski definition) is 1. The predicted molar refractivity (Wildman–Crippen MR) is 79.2 cm³/mol. The van der Waals surface area contributed by atoms with Crippen LogP contribution in [0.3, 0.4) is 0 Å². The number of para-hydroxylation sites is 1. The zero-order chi connectivity index (χ0) is 14.8. The lowest BCUT2D eigenvalue weighted by Crippen LogP contribution is -2.39. The van der Waals surface area contributed by atoms with Crippen LogP contribution < -0.4 is 4.72 Å². The molecule has 1 N–H and O–H groups in total. The Kier molecular flexibility index (Phi) is 4.32. The fraction of sp³-hybridized carbons (Fsp3) is 0.500. The van der Waals surface area contributed by atoms with Gasteiger partial charge in [-0.05, 0) is 30.9 Å². The van der Waals surface area contributed by atoms with Gasteiger partial charge in [0.25, 0.3) is 5.91 Å². The summed E-state index contributed by atoms with van der Waals surface area (Å²) in [5, 5.41) is 0. The second-order valence-electron chi connectivity index (χ2n) is 5.42. The van der Waals surface area contributed by atoms with E-state index in [1.807, 2.05) is 0 Å². The Bertz CT molecular complexity index is 598. The first-order chi connectivity index (χ1) is 9.37. The molecule has 1 aromatic rings. The number of amides is 1. The Balaban J connectivity index is 2.25. The molecule has 1 atom stereocenters. The highest BCUT2D eigenvalue weighted by Crippen LogP contribution is 2.22. The Hall–Kier alpha value is -1.56. The molecule has 1 aromatic carbocycles. The number of nitrogens with zero attached hydrogens (tertiary/aromatic N) is 1. The van der Waals surface area contributed by atoms with Gasteiger partial charge >= 0.3 is 0 Å². The lowest BCUT2D eigenvalue weighted by Gasteiger charge is -2.31. The predicted octanol–water partition coefficient (Wildman–Crippen LogP) is 1.93. The van der Waals surface area contributed by atoms with Crippen molar-refractivity contribution >= 4 is 21.6 Å². The van der Waals surface area contributed by atoms with Crippen molar-refractivity contribution in [1.29, 1.82) is 0 Å². The van der Waals surface area contributed by atoms with Crippen LogP contribution in [0.4, 0.5) is 5.69 Å². The minimum Gasteiger partial charge on any atom is -0.338 e. The number of carbonyl (C=O) groups excluding carboxylic acids is 1. The van der Waals surface area contributed by atoms with Gasteiger partial charge in [-0.3, -0.25) is 9.52 Å². The quantitative estimate of drug-likeness (QED) is 0.927. The standard InChI is InChI=1S/C14H20N2O3S/c1-11-6-5-9-16(10-11)14(17)12-7-3-4-8-13(12)15-20(2,18)19/h3-4,7-8,11,15H,5-6,9-10H2,1-2H3. The van der Waals surface area contributed by atoms with Gasteiger partial charge in [0.15, 0.2) is 0 Å². The van der Waals surface area contributed by atoms with Crippen LogP contribution in [0.1, 0.15) is 30.1 Å². The summed E-state index contributed by atoms with van der Waals surface area (Å²) in [6.07, 6.45) is 3.21. The topological polar surface area (TPSA) is 66.5 Å². The van der Waals surface area contributed by atoms with Gasteiger partial charge in [0.2, 0.25) is 10.0 Å². The van der Waals surface area contributed by atoms with Gasteiger partial charge in [0, 0.05) is 13.1 Å². The lowest BCUT2D eigenvalue weighted by atomic mass is 9.99. The third kappa shape index (κ3) is 3.72. The molecule has 0 saturated carbocycles. The average molecular weight is 296 g/mol. The summed E-state index contributed by atoms with van der Waals surface area (Å²) in [5.74, 6) is 0.381. The molecule has 1 heterocycles. The molecule has 6 heteroatoms. The Morgan fingerprint density at radius 3 is 2.70 bits per heavy atom. The van der Waals surface area contributed by atoms with Crippen LogP contribution >= 0.6 is 0 Å². The second-order valence-corrected chi connectivity index (χ2v) is 7.17. The van der Waals surface area contributed by atoms with Gasteiger partial charge in [-0.2, -0.15) is 0 Å². The molecule has 2 rings (SSSR count). The Morgan fingerprint density at radius 1 is 1.35 bits per heavy atom. The summed E-state index contributed by atoms with van der Waals surface area (Å²) < 4.78 is 25.1. The molecular formula is C14H20N2O3S. The number of hydrogen-bond acceptors (Lipinski definition) is 3. The van der Waals surface area contributed by atoms with Crippen molar-refractivity contribution in [3.8, 4) is 0 Å². The van der Waals surface area contributed by atoms with Crippen LogP contribution in [0.5, 0.6) is 0 Å². The van der Waals surface area contributed by atoms with E-state index in [1.165, 1.54) is 0 Å². The van der Waals surface area contributed by atoms with Crippen LogP contribution in [-0.2, 0) is 10.0 Å². The van der Waals surface area contributed by atoms with Crippen LogP contribution in [0.2, 0.25) is 0 Å². The molecule has 0 bridgehead atoms. The number of piperidine rings is 1. The van der Waals surface area contributed by atoms with E-state index in [1.54, 1.807) is 29.2 Å².